The summed E-state index contributed by atoms with van der Waals surface area (Å²) in [6, 6.07) is 17.6. The van der Waals surface area contributed by atoms with Crippen LogP contribution < -0.4 is 5.56 Å². The minimum absolute atomic E-state index is 0.0733. The van der Waals surface area contributed by atoms with Crippen LogP contribution in [-0.4, -0.2) is 21.4 Å². The predicted octanol–water partition coefficient (Wildman–Crippen LogP) is 4.25. The molecule has 0 fully saturated rings. The number of furan rings is 1. The van der Waals surface area contributed by atoms with Gasteiger partial charge in [-0.2, -0.15) is 0 Å². The highest BCUT2D eigenvalue weighted by Gasteiger charge is 2.19. The number of nitrogens with zero attached hydrogens (tertiary/aromatic N) is 2. The van der Waals surface area contributed by atoms with Gasteiger partial charge in [0.2, 0.25) is 0 Å². The highest BCUT2D eigenvalue weighted by atomic mass is 16.3. The molecule has 2 aromatic carbocycles. The van der Waals surface area contributed by atoms with Crippen LogP contribution in [0.25, 0.3) is 21.9 Å². The lowest BCUT2D eigenvalue weighted by Crippen LogP contribution is -2.28. The van der Waals surface area contributed by atoms with Crippen molar-refractivity contribution in [1.82, 2.24) is 14.9 Å². The summed E-state index contributed by atoms with van der Waals surface area (Å²) >= 11 is 0. The average Bonchev–Trinajstić information content (AvgIpc) is 3.10. The molecule has 0 spiro atoms. The second-order valence-electron chi connectivity index (χ2n) is 6.46. The molecule has 26 heavy (non-hydrogen) atoms. The van der Waals surface area contributed by atoms with Crippen molar-refractivity contribution in [3.63, 3.8) is 0 Å². The van der Waals surface area contributed by atoms with E-state index in [0.29, 0.717) is 17.8 Å². The van der Waals surface area contributed by atoms with E-state index in [-0.39, 0.29) is 11.6 Å². The van der Waals surface area contributed by atoms with Crippen LogP contribution in [-0.2, 0) is 6.54 Å². The van der Waals surface area contributed by atoms with E-state index in [9.17, 15) is 4.79 Å². The Morgan fingerprint density at radius 1 is 1.15 bits per heavy atom. The van der Waals surface area contributed by atoms with Crippen LogP contribution in [0.2, 0.25) is 0 Å². The quantitative estimate of drug-likeness (QED) is 0.586. The lowest BCUT2D eigenvalue weighted by atomic mass is 10.2. The van der Waals surface area contributed by atoms with Crippen LogP contribution in [0.15, 0.2) is 63.8 Å². The first-order valence-electron chi connectivity index (χ1n) is 8.86. The molecule has 0 aliphatic carbocycles. The molecule has 0 saturated carbocycles. The van der Waals surface area contributed by atoms with Crippen molar-refractivity contribution >= 4 is 21.9 Å². The first-order valence-corrected chi connectivity index (χ1v) is 8.86. The second kappa shape index (κ2) is 6.77. The Labute approximate surface area is 151 Å². The molecular formula is C21H21N3O2. The highest BCUT2D eigenvalue weighted by molar-refractivity contribution is 5.78. The first kappa shape index (κ1) is 16.5. The highest BCUT2D eigenvalue weighted by Crippen LogP contribution is 2.28. The fourth-order valence-electron chi connectivity index (χ4n) is 3.31. The maximum atomic E-state index is 12.3. The maximum Gasteiger partial charge on any atom is 0.258 e. The normalized spacial score (nSPS) is 12.9. The van der Waals surface area contributed by atoms with Gasteiger partial charge in [-0.1, -0.05) is 37.3 Å². The van der Waals surface area contributed by atoms with Crippen LogP contribution >= 0.6 is 0 Å². The summed E-state index contributed by atoms with van der Waals surface area (Å²) in [7, 11) is 0. The Hall–Kier alpha value is -2.92. The number of hydrogen-bond donors (Lipinski definition) is 1. The molecule has 0 radical (unpaired) electrons. The van der Waals surface area contributed by atoms with Gasteiger partial charge in [0.1, 0.15) is 17.2 Å². The van der Waals surface area contributed by atoms with Crippen molar-refractivity contribution in [3.05, 3.63) is 76.5 Å². The van der Waals surface area contributed by atoms with E-state index in [0.717, 1.165) is 28.8 Å². The van der Waals surface area contributed by atoms with Crippen LogP contribution in [0.5, 0.6) is 0 Å². The monoisotopic (exact) mass is 347 g/mol. The van der Waals surface area contributed by atoms with Gasteiger partial charge in [0.05, 0.1) is 23.5 Å². The van der Waals surface area contributed by atoms with E-state index in [2.05, 4.69) is 34.8 Å². The smallest absolute Gasteiger partial charge is 0.258 e. The van der Waals surface area contributed by atoms with E-state index < -0.39 is 0 Å². The summed E-state index contributed by atoms with van der Waals surface area (Å²) in [6.07, 6.45) is 0. The summed E-state index contributed by atoms with van der Waals surface area (Å²) in [6.45, 7) is 5.57. The molecule has 5 nitrogen and oxygen atoms in total. The predicted molar refractivity (Wildman–Crippen MR) is 103 cm³/mol. The third-order valence-corrected chi connectivity index (χ3v) is 4.83. The van der Waals surface area contributed by atoms with Crippen molar-refractivity contribution in [3.8, 4) is 0 Å². The van der Waals surface area contributed by atoms with Crippen LogP contribution in [0.3, 0.4) is 0 Å². The molecule has 1 atom stereocenters. The molecule has 0 amide bonds. The number of nitrogens with one attached hydrogen (secondary N) is 1. The molecule has 0 unspecified atom stereocenters. The molecule has 2 heterocycles. The van der Waals surface area contributed by atoms with E-state index in [4.69, 9.17) is 4.42 Å². The first-order chi connectivity index (χ1) is 12.7. The molecule has 0 aliphatic heterocycles. The van der Waals surface area contributed by atoms with Crippen molar-refractivity contribution in [2.45, 2.75) is 26.4 Å². The molecule has 0 bridgehead atoms. The van der Waals surface area contributed by atoms with E-state index in [1.54, 1.807) is 6.07 Å². The Bertz CT molecular complexity index is 1080. The fraction of sp³-hybridized carbons (Fsp3) is 0.238. The standard InChI is InChI=1S/C21H21N3O2/c1-3-24(14(2)19-12-15-8-4-7-11-18(15)26-19)13-20-22-17-10-6-5-9-16(17)21(25)23-20/h4-12,14H,3,13H2,1-2H3,(H,22,23,25)/t14-/m1/s1. The van der Waals surface area contributed by atoms with Gasteiger partial charge in [-0.25, -0.2) is 4.98 Å². The van der Waals surface area contributed by atoms with Gasteiger partial charge in [0, 0.05) is 5.39 Å². The van der Waals surface area contributed by atoms with E-state index in [1.807, 2.05) is 42.5 Å². The van der Waals surface area contributed by atoms with Gasteiger partial charge in [0.25, 0.3) is 5.56 Å². The molecule has 132 valence electrons. The summed E-state index contributed by atoms with van der Waals surface area (Å²) in [4.78, 5) is 22.0. The zero-order valence-corrected chi connectivity index (χ0v) is 14.9. The molecule has 4 aromatic rings. The lowest BCUT2D eigenvalue weighted by molar-refractivity contribution is 0.187. The number of fused-ring (bicyclic) bond motifs is 2. The topological polar surface area (TPSA) is 62.1 Å². The van der Waals surface area contributed by atoms with Gasteiger partial charge in [0.15, 0.2) is 0 Å². The molecule has 5 heteroatoms. The minimum Gasteiger partial charge on any atom is -0.459 e. The number of aromatic amines is 1. The Morgan fingerprint density at radius 3 is 2.73 bits per heavy atom. The Balaban J connectivity index is 1.64. The SMILES string of the molecule is CCN(Cc1nc2ccccc2c(=O)[nH]1)[C@H](C)c1cc2ccccc2o1. The molecular weight excluding hydrogens is 326 g/mol. The van der Waals surface area contributed by atoms with Gasteiger partial charge < -0.3 is 9.40 Å². The number of rotatable bonds is 5. The number of H-pyrrole nitrogens is 1. The van der Waals surface area contributed by atoms with E-state index >= 15 is 0 Å². The molecule has 0 aliphatic rings. The molecule has 0 saturated heterocycles. The molecule has 4 rings (SSSR count). The number of benzene rings is 2. The van der Waals surface area contributed by atoms with Gasteiger partial charge in [-0.3, -0.25) is 9.69 Å². The number of aromatic nitrogens is 2. The minimum atomic E-state index is -0.0990. The lowest BCUT2D eigenvalue weighted by Gasteiger charge is -2.25. The number of para-hydroxylation sites is 2. The van der Waals surface area contributed by atoms with Crippen molar-refractivity contribution < 1.29 is 4.42 Å². The maximum absolute atomic E-state index is 12.3. The summed E-state index contributed by atoms with van der Waals surface area (Å²) in [5.41, 5.74) is 1.51. The largest absolute Gasteiger partial charge is 0.459 e. The van der Waals surface area contributed by atoms with Crippen molar-refractivity contribution in [2.24, 2.45) is 0 Å². The van der Waals surface area contributed by atoms with Gasteiger partial charge in [-0.15, -0.1) is 0 Å². The zero-order chi connectivity index (χ0) is 18.1. The van der Waals surface area contributed by atoms with Crippen molar-refractivity contribution in [1.29, 1.82) is 0 Å². The third kappa shape index (κ3) is 3.02. The van der Waals surface area contributed by atoms with Gasteiger partial charge >= 0.3 is 0 Å². The van der Waals surface area contributed by atoms with Crippen molar-refractivity contribution in [2.75, 3.05) is 6.54 Å². The average molecular weight is 347 g/mol. The summed E-state index contributed by atoms with van der Waals surface area (Å²) in [5, 5.41) is 1.72. The summed E-state index contributed by atoms with van der Waals surface area (Å²) < 4.78 is 6.01. The van der Waals surface area contributed by atoms with E-state index in [1.165, 1.54) is 0 Å². The van der Waals surface area contributed by atoms with Crippen LogP contribution in [0.4, 0.5) is 0 Å². The third-order valence-electron chi connectivity index (χ3n) is 4.83. The van der Waals surface area contributed by atoms with Gasteiger partial charge in [-0.05, 0) is 37.7 Å². The Morgan fingerprint density at radius 2 is 1.92 bits per heavy atom. The number of hydrogen-bond acceptors (Lipinski definition) is 4. The van der Waals surface area contributed by atoms with Crippen LogP contribution in [0, 0.1) is 0 Å². The zero-order valence-electron chi connectivity index (χ0n) is 14.9. The Kier molecular flexibility index (Phi) is 4.31. The molecule has 1 N–H and O–H groups in total. The second-order valence-corrected chi connectivity index (χ2v) is 6.46. The fourth-order valence-corrected chi connectivity index (χ4v) is 3.31. The van der Waals surface area contributed by atoms with Crippen LogP contribution in [0.1, 0.15) is 31.5 Å². The molecule has 2 aromatic heterocycles. The summed E-state index contributed by atoms with van der Waals surface area (Å²) in [5.74, 6) is 1.58.